The van der Waals surface area contributed by atoms with Gasteiger partial charge in [0.2, 0.25) is 0 Å². The molecule has 2 aromatic rings. The number of hydrogen-bond acceptors (Lipinski definition) is 3. The van der Waals surface area contributed by atoms with Gasteiger partial charge in [-0.05, 0) is 48.7 Å². The van der Waals surface area contributed by atoms with Crippen molar-refractivity contribution in [2.45, 2.75) is 19.8 Å². The minimum absolute atomic E-state index is 0.0759. The summed E-state index contributed by atoms with van der Waals surface area (Å²) in [6, 6.07) is 13.4. The number of halogens is 1. The molecule has 0 saturated heterocycles. The van der Waals surface area contributed by atoms with E-state index in [4.69, 9.17) is 14.6 Å². The molecule has 23 heavy (non-hydrogen) atoms. The van der Waals surface area contributed by atoms with E-state index in [0.29, 0.717) is 25.4 Å². The second-order valence-corrected chi connectivity index (χ2v) is 6.02. The van der Waals surface area contributed by atoms with Crippen molar-refractivity contribution in [1.29, 1.82) is 0 Å². The Labute approximate surface area is 144 Å². The van der Waals surface area contributed by atoms with Crippen molar-refractivity contribution in [1.82, 2.24) is 0 Å². The molecular formula is C18H19BrO4. The number of carbonyl (C=O) groups is 1. The summed E-state index contributed by atoms with van der Waals surface area (Å²) in [4.78, 5) is 10.7. The molecule has 1 N–H and O–H groups in total. The van der Waals surface area contributed by atoms with Gasteiger partial charge in [-0.3, -0.25) is 4.79 Å². The number of aliphatic carboxylic acids is 1. The van der Waals surface area contributed by atoms with Gasteiger partial charge in [-0.25, -0.2) is 0 Å². The summed E-state index contributed by atoms with van der Waals surface area (Å²) in [5.41, 5.74) is 1.95. The number of carboxylic acids is 1. The lowest BCUT2D eigenvalue weighted by molar-refractivity contribution is -0.136. The Morgan fingerprint density at radius 2 is 1.78 bits per heavy atom. The van der Waals surface area contributed by atoms with Crippen molar-refractivity contribution in [3.8, 4) is 11.5 Å². The number of hydrogen-bond donors (Lipinski definition) is 1. The van der Waals surface area contributed by atoms with Gasteiger partial charge in [-0.1, -0.05) is 34.1 Å². The predicted octanol–water partition coefficient (Wildman–Crippen LogP) is 4.23. The van der Waals surface area contributed by atoms with Crippen LogP contribution in [-0.4, -0.2) is 24.3 Å². The summed E-state index contributed by atoms with van der Waals surface area (Å²) in [6.07, 6.45) is 0.509. The van der Waals surface area contributed by atoms with E-state index >= 15 is 0 Å². The molecule has 0 radical (unpaired) electrons. The van der Waals surface area contributed by atoms with E-state index in [2.05, 4.69) is 15.9 Å². The monoisotopic (exact) mass is 378 g/mol. The van der Waals surface area contributed by atoms with Gasteiger partial charge in [-0.2, -0.15) is 0 Å². The summed E-state index contributed by atoms with van der Waals surface area (Å²) in [6.45, 7) is 2.82. The van der Waals surface area contributed by atoms with Crippen LogP contribution in [0.2, 0.25) is 0 Å². The van der Waals surface area contributed by atoms with Crippen molar-refractivity contribution < 1.29 is 19.4 Å². The van der Waals surface area contributed by atoms with Crippen LogP contribution in [-0.2, 0) is 11.2 Å². The minimum Gasteiger partial charge on any atom is -0.490 e. The quantitative estimate of drug-likeness (QED) is 0.698. The van der Waals surface area contributed by atoms with E-state index in [1.807, 2.05) is 49.4 Å². The maximum Gasteiger partial charge on any atom is 0.303 e. The first-order valence-electron chi connectivity index (χ1n) is 7.37. The molecule has 0 spiro atoms. The van der Waals surface area contributed by atoms with Gasteiger partial charge in [0.15, 0.2) is 0 Å². The van der Waals surface area contributed by atoms with Gasteiger partial charge in [0, 0.05) is 10.9 Å². The topological polar surface area (TPSA) is 55.8 Å². The molecular weight excluding hydrogens is 360 g/mol. The highest BCUT2D eigenvalue weighted by atomic mass is 79.9. The van der Waals surface area contributed by atoms with Crippen molar-refractivity contribution >= 4 is 21.9 Å². The molecule has 0 aromatic heterocycles. The average Bonchev–Trinajstić information content (AvgIpc) is 2.52. The van der Waals surface area contributed by atoms with Crippen LogP contribution in [0.15, 0.2) is 46.9 Å². The van der Waals surface area contributed by atoms with Crippen LogP contribution in [0, 0.1) is 6.92 Å². The molecule has 0 unspecified atom stereocenters. The number of rotatable bonds is 8. The number of carboxylic acid groups (broad SMARTS) is 1. The average molecular weight is 379 g/mol. The van der Waals surface area contributed by atoms with Crippen molar-refractivity contribution in [2.24, 2.45) is 0 Å². The third-order valence-corrected chi connectivity index (χ3v) is 3.82. The maximum atomic E-state index is 10.7. The highest BCUT2D eigenvalue weighted by molar-refractivity contribution is 9.10. The summed E-state index contributed by atoms with van der Waals surface area (Å²) in [5.74, 6) is 0.722. The van der Waals surface area contributed by atoms with Gasteiger partial charge in [0.05, 0.1) is 0 Å². The first-order valence-corrected chi connectivity index (χ1v) is 8.17. The van der Waals surface area contributed by atoms with E-state index in [0.717, 1.165) is 21.3 Å². The Kier molecular flexibility index (Phi) is 6.47. The Hall–Kier alpha value is -2.01. The fourth-order valence-electron chi connectivity index (χ4n) is 2.15. The van der Waals surface area contributed by atoms with Gasteiger partial charge >= 0.3 is 5.97 Å². The lowest BCUT2D eigenvalue weighted by atomic mass is 10.1. The molecule has 2 rings (SSSR count). The Morgan fingerprint density at radius 3 is 2.48 bits per heavy atom. The fourth-order valence-corrected chi connectivity index (χ4v) is 2.56. The van der Waals surface area contributed by atoms with E-state index < -0.39 is 5.97 Å². The van der Waals surface area contributed by atoms with Gasteiger partial charge in [-0.15, -0.1) is 0 Å². The van der Waals surface area contributed by atoms with Gasteiger partial charge < -0.3 is 14.6 Å². The second kappa shape index (κ2) is 8.58. The van der Waals surface area contributed by atoms with Crippen LogP contribution >= 0.6 is 15.9 Å². The molecule has 0 atom stereocenters. The zero-order valence-corrected chi connectivity index (χ0v) is 14.5. The molecule has 0 fully saturated rings. The summed E-state index contributed by atoms with van der Waals surface area (Å²) < 4.78 is 12.3. The Morgan fingerprint density at radius 1 is 1.09 bits per heavy atom. The van der Waals surface area contributed by atoms with Crippen LogP contribution in [0.5, 0.6) is 11.5 Å². The Balaban J connectivity index is 1.90. The van der Waals surface area contributed by atoms with Crippen LogP contribution < -0.4 is 9.47 Å². The summed E-state index contributed by atoms with van der Waals surface area (Å²) in [7, 11) is 0. The number of benzene rings is 2. The van der Waals surface area contributed by atoms with E-state index in [1.54, 1.807) is 0 Å². The summed E-state index contributed by atoms with van der Waals surface area (Å²) >= 11 is 3.40. The summed E-state index contributed by atoms with van der Waals surface area (Å²) in [5, 5.41) is 8.83. The third kappa shape index (κ3) is 5.60. The van der Waals surface area contributed by atoms with Crippen molar-refractivity contribution in [3.05, 3.63) is 58.1 Å². The largest absolute Gasteiger partial charge is 0.490 e. The van der Waals surface area contributed by atoms with Crippen molar-refractivity contribution in [2.75, 3.05) is 13.2 Å². The smallest absolute Gasteiger partial charge is 0.303 e. The highest BCUT2D eigenvalue weighted by Gasteiger charge is 2.07. The molecule has 0 saturated carbocycles. The molecule has 0 amide bonds. The van der Waals surface area contributed by atoms with E-state index in [9.17, 15) is 4.79 Å². The predicted molar refractivity (Wildman–Crippen MR) is 92.3 cm³/mol. The standard InChI is InChI=1S/C18H19BrO4/c1-13-4-2-3-5-16(13)22-10-11-23-17-8-7-15(19)12-14(17)6-9-18(20)21/h2-5,7-8,12H,6,9-11H2,1H3,(H,20,21). The molecule has 4 nitrogen and oxygen atoms in total. The van der Waals surface area contributed by atoms with Crippen LogP contribution in [0.1, 0.15) is 17.5 Å². The number of para-hydroxylation sites is 1. The maximum absolute atomic E-state index is 10.7. The van der Waals surface area contributed by atoms with Gasteiger partial charge in [0.25, 0.3) is 0 Å². The molecule has 122 valence electrons. The zero-order chi connectivity index (χ0) is 16.7. The molecule has 0 heterocycles. The zero-order valence-electron chi connectivity index (χ0n) is 12.9. The van der Waals surface area contributed by atoms with Gasteiger partial charge in [0.1, 0.15) is 24.7 Å². The second-order valence-electron chi connectivity index (χ2n) is 5.11. The molecule has 0 bridgehead atoms. The van der Waals surface area contributed by atoms with Crippen LogP contribution in [0.4, 0.5) is 0 Å². The third-order valence-electron chi connectivity index (χ3n) is 3.32. The Bertz CT molecular complexity index is 670. The molecule has 5 heteroatoms. The van der Waals surface area contributed by atoms with Crippen LogP contribution in [0.25, 0.3) is 0 Å². The highest BCUT2D eigenvalue weighted by Crippen LogP contribution is 2.24. The van der Waals surface area contributed by atoms with E-state index in [1.165, 1.54) is 0 Å². The minimum atomic E-state index is -0.821. The molecule has 2 aromatic carbocycles. The molecule has 0 aliphatic rings. The fraction of sp³-hybridized carbons (Fsp3) is 0.278. The van der Waals surface area contributed by atoms with Crippen molar-refractivity contribution in [3.63, 3.8) is 0 Å². The lowest BCUT2D eigenvalue weighted by Gasteiger charge is -2.13. The number of aryl methyl sites for hydroxylation is 2. The normalized spacial score (nSPS) is 10.3. The molecule has 0 aliphatic carbocycles. The van der Waals surface area contributed by atoms with Crippen LogP contribution in [0.3, 0.4) is 0 Å². The first-order chi connectivity index (χ1) is 11.1. The SMILES string of the molecule is Cc1ccccc1OCCOc1ccc(Br)cc1CCC(=O)O. The first kappa shape index (κ1) is 17.3. The number of ether oxygens (including phenoxy) is 2. The molecule has 0 aliphatic heterocycles. The van der Waals surface area contributed by atoms with E-state index in [-0.39, 0.29) is 6.42 Å². The lowest BCUT2D eigenvalue weighted by Crippen LogP contribution is -2.11.